The number of fused-ring (bicyclic) bond motifs is 2. The van der Waals surface area contributed by atoms with Crippen molar-refractivity contribution in [1.82, 2.24) is 0 Å². The van der Waals surface area contributed by atoms with Crippen molar-refractivity contribution in [2.45, 2.75) is 46.1 Å². The third kappa shape index (κ3) is 5.25. The topological polar surface area (TPSA) is 100 Å². The lowest BCUT2D eigenvalue weighted by Gasteiger charge is -2.18. The van der Waals surface area contributed by atoms with Gasteiger partial charge in [-0.3, -0.25) is 4.79 Å². The highest BCUT2D eigenvalue weighted by Gasteiger charge is 2.30. The number of benzene rings is 1. The molecule has 0 spiro atoms. The first-order valence-electron chi connectivity index (χ1n) is 11.3. The molecule has 1 aromatic heterocycles. The van der Waals surface area contributed by atoms with Crippen LogP contribution in [0, 0.1) is 5.92 Å². The molecule has 1 amide bonds. The number of esters is 2. The molecule has 1 aromatic carbocycles. The third-order valence-electron chi connectivity index (χ3n) is 5.70. The molecule has 0 radical (unpaired) electrons. The summed E-state index contributed by atoms with van der Waals surface area (Å²) in [6.07, 6.45) is 4.37. The summed E-state index contributed by atoms with van der Waals surface area (Å²) in [6.45, 7) is 5.82. The Kier molecular flexibility index (Phi) is 7.21. The molecular formula is C25H27NO7S. The predicted octanol–water partition coefficient (Wildman–Crippen LogP) is 4.36. The van der Waals surface area contributed by atoms with E-state index in [-0.39, 0.29) is 13.4 Å². The molecule has 0 fully saturated rings. The highest BCUT2D eigenvalue weighted by Crippen LogP contribution is 2.40. The van der Waals surface area contributed by atoms with E-state index in [2.05, 4.69) is 12.2 Å². The number of hydrogen-bond donors (Lipinski definition) is 1. The number of hydrogen-bond acceptors (Lipinski definition) is 8. The number of carbonyl (C=O) groups excluding carboxylic acids is 3. The second kappa shape index (κ2) is 10.3. The maximum absolute atomic E-state index is 12.8. The zero-order valence-electron chi connectivity index (χ0n) is 19.3. The minimum absolute atomic E-state index is 0.168. The first kappa shape index (κ1) is 23.8. The number of rotatable bonds is 7. The van der Waals surface area contributed by atoms with E-state index in [0.29, 0.717) is 28.0 Å². The summed E-state index contributed by atoms with van der Waals surface area (Å²) >= 11 is 1.39. The van der Waals surface area contributed by atoms with E-state index < -0.39 is 23.9 Å². The Balaban J connectivity index is 1.41. The number of thiophene rings is 1. The Labute approximate surface area is 201 Å². The summed E-state index contributed by atoms with van der Waals surface area (Å²) in [6, 6.07) is 5.29. The zero-order chi connectivity index (χ0) is 24.2. The molecule has 180 valence electrons. The van der Waals surface area contributed by atoms with Gasteiger partial charge >= 0.3 is 11.9 Å². The molecule has 34 heavy (non-hydrogen) atoms. The number of amides is 1. The van der Waals surface area contributed by atoms with Crippen molar-refractivity contribution < 1.29 is 33.3 Å². The zero-order valence-corrected chi connectivity index (χ0v) is 20.2. The van der Waals surface area contributed by atoms with Crippen molar-refractivity contribution in [1.29, 1.82) is 0 Å². The van der Waals surface area contributed by atoms with Crippen LogP contribution in [0.1, 0.15) is 53.6 Å². The van der Waals surface area contributed by atoms with Gasteiger partial charge in [0, 0.05) is 11.0 Å². The molecule has 8 nitrogen and oxygen atoms in total. The SMILES string of the molecule is CCOC(=O)c1c(NC(=O)C(C)OC(=O)C=Cc2ccc3c(c2)OCO3)sc2c1CCC(C)C2. The van der Waals surface area contributed by atoms with Gasteiger partial charge in [-0.1, -0.05) is 13.0 Å². The molecule has 0 bridgehead atoms. The molecular weight excluding hydrogens is 458 g/mol. The average Bonchev–Trinajstić information content (AvgIpc) is 3.41. The van der Waals surface area contributed by atoms with Crippen molar-refractivity contribution in [3.8, 4) is 11.5 Å². The monoisotopic (exact) mass is 485 g/mol. The summed E-state index contributed by atoms with van der Waals surface area (Å²) < 4.78 is 21.1. The van der Waals surface area contributed by atoms with E-state index >= 15 is 0 Å². The Morgan fingerprint density at radius 1 is 1.26 bits per heavy atom. The molecule has 2 heterocycles. The summed E-state index contributed by atoms with van der Waals surface area (Å²) in [5.74, 6) is 0.153. The second-order valence-corrected chi connectivity index (χ2v) is 9.40. The van der Waals surface area contributed by atoms with Crippen molar-refractivity contribution in [2.24, 2.45) is 5.92 Å². The van der Waals surface area contributed by atoms with E-state index in [0.717, 1.165) is 35.3 Å². The summed E-state index contributed by atoms with van der Waals surface area (Å²) in [5.41, 5.74) is 2.10. The smallest absolute Gasteiger partial charge is 0.341 e. The Morgan fingerprint density at radius 3 is 2.85 bits per heavy atom. The average molecular weight is 486 g/mol. The summed E-state index contributed by atoms with van der Waals surface area (Å²) in [5, 5.41) is 3.22. The molecule has 0 saturated carbocycles. The van der Waals surface area contributed by atoms with Crippen LogP contribution in [0.15, 0.2) is 24.3 Å². The van der Waals surface area contributed by atoms with E-state index in [1.54, 1.807) is 31.2 Å². The molecule has 1 aliphatic carbocycles. The van der Waals surface area contributed by atoms with Crippen LogP contribution in [-0.2, 0) is 31.9 Å². The molecule has 2 atom stereocenters. The van der Waals surface area contributed by atoms with Crippen molar-refractivity contribution in [2.75, 3.05) is 18.7 Å². The number of ether oxygens (including phenoxy) is 4. The lowest BCUT2D eigenvalue weighted by molar-refractivity contribution is -0.148. The van der Waals surface area contributed by atoms with Crippen LogP contribution < -0.4 is 14.8 Å². The number of anilines is 1. The Hall–Kier alpha value is -3.33. The van der Waals surface area contributed by atoms with Gasteiger partial charge in [-0.2, -0.15) is 0 Å². The van der Waals surface area contributed by atoms with Crippen LogP contribution >= 0.6 is 11.3 Å². The van der Waals surface area contributed by atoms with Crippen molar-refractivity contribution in [3.63, 3.8) is 0 Å². The highest BCUT2D eigenvalue weighted by molar-refractivity contribution is 7.17. The number of nitrogens with one attached hydrogen (secondary N) is 1. The third-order valence-corrected chi connectivity index (χ3v) is 6.87. The Morgan fingerprint density at radius 2 is 2.06 bits per heavy atom. The fourth-order valence-corrected chi connectivity index (χ4v) is 5.32. The second-order valence-electron chi connectivity index (χ2n) is 8.29. The molecule has 2 aromatic rings. The van der Waals surface area contributed by atoms with Crippen LogP contribution in [0.2, 0.25) is 0 Å². The van der Waals surface area contributed by atoms with Gasteiger partial charge in [0.05, 0.1) is 12.2 Å². The normalized spacial score (nSPS) is 17.2. The van der Waals surface area contributed by atoms with E-state index in [1.807, 2.05) is 0 Å². The molecule has 4 rings (SSSR count). The lowest BCUT2D eigenvalue weighted by atomic mass is 9.88. The van der Waals surface area contributed by atoms with Crippen molar-refractivity contribution in [3.05, 3.63) is 45.8 Å². The maximum Gasteiger partial charge on any atom is 0.341 e. The van der Waals surface area contributed by atoms with Gasteiger partial charge in [-0.25, -0.2) is 9.59 Å². The first-order chi connectivity index (χ1) is 16.4. The summed E-state index contributed by atoms with van der Waals surface area (Å²) in [7, 11) is 0. The fourth-order valence-electron chi connectivity index (χ4n) is 3.92. The standard InChI is InChI=1S/C25H27NO7S/c1-4-30-25(29)22-17-8-5-14(2)11-20(17)34-24(22)26-23(28)15(3)33-21(27)10-7-16-6-9-18-19(12-16)32-13-31-18/h6-7,9-10,12,14-15H,4-5,8,11,13H2,1-3H3,(H,26,28). The minimum atomic E-state index is -1.05. The van der Waals surface area contributed by atoms with Gasteiger partial charge in [-0.15, -0.1) is 11.3 Å². The molecule has 1 N–H and O–H groups in total. The largest absolute Gasteiger partial charge is 0.462 e. The lowest BCUT2D eigenvalue weighted by Crippen LogP contribution is -2.29. The fraction of sp³-hybridized carbons (Fsp3) is 0.400. The van der Waals surface area contributed by atoms with Gasteiger partial charge in [-0.05, 0) is 68.4 Å². The molecule has 2 unspecified atom stereocenters. The van der Waals surface area contributed by atoms with Crippen LogP contribution in [0.4, 0.5) is 5.00 Å². The predicted molar refractivity (Wildman–Crippen MR) is 127 cm³/mol. The maximum atomic E-state index is 12.8. The van der Waals surface area contributed by atoms with E-state index in [9.17, 15) is 14.4 Å². The molecule has 0 saturated heterocycles. The van der Waals surface area contributed by atoms with Crippen molar-refractivity contribution >= 4 is 40.3 Å². The van der Waals surface area contributed by atoms with Gasteiger partial charge in [0.1, 0.15) is 5.00 Å². The molecule has 1 aliphatic heterocycles. The van der Waals surface area contributed by atoms with Gasteiger partial charge in [0.25, 0.3) is 5.91 Å². The molecule has 9 heteroatoms. The molecule has 2 aliphatic rings. The number of carbonyl (C=O) groups is 3. The van der Waals surface area contributed by atoms with Gasteiger partial charge in [0.2, 0.25) is 6.79 Å². The summed E-state index contributed by atoms with van der Waals surface area (Å²) in [4.78, 5) is 38.7. The van der Waals surface area contributed by atoms with Gasteiger partial charge in [0.15, 0.2) is 17.6 Å². The van der Waals surface area contributed by atoms with E-state index in [1.165, 1.54) is 24.3 Å². The Bertz CT molecular complexity index is 1140. The van der Waals surface area contributed by atoms with E-state index in [4.69, 9.17) is 18.9 Å². The van der Waals surface area contributed by atoms with Crippen LogP contribution in [-0.4, -0.2) is 37.3 Å². The highest BCUT2D eigenvalue weighted by atomic mass is 32.1. The quantitative estimate of drug-likeness (QED) is 0.459. The minimum Gasteiger partial charge on any atom is -0.462 e. The van der Waals surface area contributed by atoms with Gasteiger partial charge < -0.3 is 24.3 Å². The first-order valence-corrected chi connectivity index (χ1v) is 12.1. The van der Waals surface area contributed by atoms with Crippen LogP contribution in [0.5, 0.6) is 11.5 Å². The van der Waals surface area contributed by atoms with Crippen LogP contribution in [0.25, 0.3) is 6.08 Å². The van der Waals surface area contributed by atoms with Crippen LogP contribution in [0.3, 0.4) is 0 Å².